The number of nitrogens with zero attached hydrogens (tertiary/aromatic N) is 5. The highest BCUT2D eigenvalue weighted by molar-refractivity contribution is 7.98. The van der Waals surface area contributed by atoms with Crippen molar-refractivity contribution in [2.45, 2.75) is 56.4 Å². The summed E-state index contributed by atoms with van der Waals surface area (Å²) in [5.41, 5.74) is 4.76. The van der Waals surface area contributed by atoms with Crippen molar-refractivity contribution in [3.8, 4) is 5.69 Å². The molecule has 1 aliphatic heterocycles. The number of hydrogen-bond acceptors (Lipinski definition) is 6. The van der Waals surface area contributed by atoms with Gasteiger partial charge in [-0.2, -0.15) is 0 Å². The predicted octanol–water partition coefficient (Wildman–Crippen LogP) is 4.34. The Morgan fingerprint density at radius 3 is 2.61 bits per heavy atom. The first kappa shape index (κ1) is 17.8. The molecular weight excluding hydrogens is 370 g/mol. The van der Waals surface area contributed by atoms with E-state index in [2.05, 4.69) is 56.0 Å². The van der Waals surface area contributed by atoms with Crippen LogP contribution in [-0.2, 0) is 18.6 Å². The first-order valence-corrected chi connectivity index (χ1v) is 11.1. The van der Waals surface area contributed by atoms with E-state index in [-0.39, 0.29) is 0 Å². The zero-order chi connectivity index (χ0) is 18.9. The Morgan fingerprint density at radius 2 is 1.79 bits per heavy atom. The van der Waals surface area contributed by atoms with Gasteiger partial charge in [-0.15, -0.1) is 10.2 Å². The number of thioether (sulfide) groups is 1. The molecule has 0 bridgehead atoms. The average molecular weight is 396 g/mol. The van der Waals surface area contributed by atoms with E-state index in [4.69, 9.17) is 4.52 Å². The monoisotopic (exact) mass is 395 g/mol. The number of hydrogen-bond donors (Lipinski definition) is 0. The maximum Gasteiger partial charge on any atom is 0.232 e. The van der Waals surface area contributed by atoms with E-state index >= 15 is 0 Å². The molecule has 0 unspecified atom stereocenters. The highest BCUT2D eigenvalue weighted by Crippen LogP contribution is 2.32. The molecule has 3 heterocycles. The molecule has 28 heavy (non-hydrogen) atoms. The lowest BCUT2D eigenvalue weighted by Gasteiger charge is -2.18. The molecule has 6 nitrogen and oxygen atoms in total. The summed E-state index contributed by atoms with van der Waals surface area (Å²) < 4.78 is 7.77. The van der Waals surface area contributed by atoms with Crippen molar-refractivity contribution < 1.29 is 4.52 Å². The maximum atomic E-state index is 5.58. The third-order valence-electron chi connectivity index (χ3n) is 5.67. The fraction of sp³-hybridized carbons (Fsp3) is 0.476. The molecule has 0 N–H and O–H groups in total. The van der Waals surface area contributed by atoms with E-state index < -0.39 is 0 Å². The van der Waals surface area contributed by atoms with E-state index in [0.29, 0.717) is 0 Å². The fourth-order valence-corrected chi connectivity index (χ4v) is 5.00. The molecule has 0 spiro atoms. The fourth-order valence-electron chi connectivity index (χ4n) is 4.09. The van der Waals surface area contributed by atoms with E-state index in [9.17, 15) is 0 Å². The van der Waals surface area contributed by atoms with Gasteiger partial charge in [-0.25, -0.2) is 0 Å². The number of aromatic nitrogens is 4. The molecule has 5 rings (SSSR count). The Balaban J connectivity index is 1.45. The van der Waals surface area contributed by atoms with Gasteiger partial charge in [0.05, 0.1) is 11.4 Å². The summed E-state index contributed by atoms with van der Waals surface area (Å²) >= 11 is 1.70. The summed E-state index contributed by atoms with van der Waals surface area (Å²) in [5.74, 6) is 2.80. The van der Waals surface area contributed by atoms with Crippen LogP contribution in [0.5, 0.6) is 0 Å². The van der Waals surface area contributed by atoms with Gasteiger partial charge in [0.15, 0.2) is 5.16 Å². The van der Waals surface area contributed by atoms with Gasteiger partial charge in [-0.1, -0.05) is 34.6 Å². The molecule has 2 aliphatic rings. The molecule has 1 saturated heterocycles. The van der Waals surface area contributed by atoms with Crippen LogP contribution in [0.3, 0.4) is 0 Å². The first-order valence-electron chi connectivity index (χ1n) is 10.2. The van der Waals surface area contributed by atoms with Crippen molar-refractivity contribution in [3.63, 3.8) is 0 Å². The lowest BCUT2D eigenvalue weighted by molar-refractivity contribution is 0.369. The summed E-state index contributed by atoms with van der Waals surface area (Å²) in [4.78, 5) is 2.34. The van der Waals surface area contributed by atoms with Gasteiger partial charge in [0.25, 0.3) is 0 Å². The van der Waals surface area contributed by atoms with Crippen LogP contribution in [0.25, 0.3) is 5.69 Å². The third kappa shape index (κ3) is 3.32. The van der Waals surface area contributed by atoms with Crippen LogP contribution in [0.2, 0.25) is 0 Å². The Hall–Kier alpha value is -2.28. The standard InChI is InChI=1S/C21H25N5OS/c1-15-8-10-16(11-9-15)26-20(25-12-4-5-13-25)22-23-21(26)28-14-18-17-6-2-3-7-19(17)27-24-18/h8-11H,2-7,12-14H2,1H3. The summed E-state index contributed by atoms with van der Waals surface area (Å²) in [7, 11) is 0. The van der Waals surface area contributed by atoms with Crippen molar-refractivity contribution in [1.29, 1.82) is 0 Å². The van der Waals surface area contributed by atoms with Crippen molar-refractivity contribution in [2.24, 2.45) is 0 Å². The zero-order valence-corrected chi connectivity index (χ0v) is 17.0. The second kappa shape index (κ2) is 7.62. The normalized spacial score (nSPS) is 16.5. The molecule has 0 radical (unpaired) electrons. The summed E-state index contributed by atoms with van der Waals surface area (Å²) in [6.45, 7) is 4.21. The molecule has 3 aromatic rings. The van der Waals surface area contributed by atoms with Crippen LogP contribution >= 0.6 is 11.8 Å². The number of benzene rings is 1. The highest BCUT2D eigenvalue weighted by Gasteiger charge is 2.24. The van der Waals surface area contributed by atoms with Gasteiger partial charge >= 0.3 is 0 Å². The second-order valence-electron chi connectivity index (χ2n) is 7.67. The van der Waals surface area contributed by atoms with Crippen LogP contribution in [0.4, 0.5) is 5.95 Å². The SMILES string of the molecule is Cc1ccc(-n2c(SCc3noc4c3CCCC4)nnc2N2CCCC2)cc1. The van der Waals surface area contributed by atoms with Gasteiger partial charge in [0.1, 0.15) is 5.76 Å². The number of rotatable bonds is 5. The van der Waals surface area contributed by atoms with Crippen LogP contribution < -0.4 is 4.90 Å². The molecule has 0 atom stereocenters. The van der Waals surface area contributed by atoms with Gasteiger partial charge in [0, 0.05) is 30.8 Å². The lowest BCUT2D eigenvalue weighted by Crippen LogP contribution is -2.22. The Kier molecular flexibility index (Phi) is 4.84. The molecular formula is C21H25N5OS. The van der Waals surface area contributed by atoms with E-state index in [1.165, 1.54) is 36.8 Å². The first-order chi connectivity index (χ1) is 13.8. The third-order valence-corrected chi connectivity index (χ3v) is 6.61. The van der Waals surface area contributed by atoms with Crippen molar-refractivity contribution in [1.82, 2.24) is 19.9 Å². The largest absolute Gasteiger partial charge is 0.361 e. The predicted molar refractivity (Wildman–Crippen MR) is 110 cm³/mol. The highest BCUT2D eigenvalue weighted by atomic mass is 32.2. The molecule has 2 aromatic heterocycles. The number of aryl methyl sites for hydroxylation is 2. The molecule has 1 fully saturated rings. The molecule has 1 aromatic carbocycles. The number of fused-ring (bicyclic) bond motifs is 1. The summed E-state index contributed by atoms with van der Waals surface area (Å²) in [5, 5.41) is 14.4. The van der Waals surface area contributed by atoms with E-state index in [0.717, 1.165) is 59.9 Å². The van der Waals surface area contributed by atoms with Gasteiger partial charge in [-0.05, 0) is 51.2 Å². The maximum absolute atomic E-state index is 5.58. The van der Waals surface area contributed by atoms with Crippen molar-refractivity contribution in [3.05, 3.63) is 46.8 Å². The van der Waals surface area contributed by atoms with Crippen LogP contribution in [0.15, 0.2) is 33.9 Å². The van der Waals surface area contributed by atoms with Gasteiger partial charge < -0.3 is 9.42 Å². The molecule has 146 valence electrons. The van der Waals surface area contributed by atoms with Crippen molar-refractivity contribution in [2.75, 3.05) is 18.0 Å². The Morgan fingerprint density at radius 1 is 1.00 bits per heavy atom. The van der Waals surface area contributed by atoms with Gasteiger partial charge in [-0.3, -0.25) is 4.57 Å². The minimum Gasteiger partial charge on any atom is -0.361 e. The minimum atomic E-state index is 0.767. The smallest absolute Gasteiger partial charge is 0.232 e. The van der Waals surface area contributed by atoms with Crippen molar-refractivity contribution >= 4 is 17.7 Å². The zero-order valence-electron chi connectivity index (χ0n) is 16.2. The quantitative estimate of drug-likeness (QED) is 0.599. The molecule has 7 heteroatoms. The second-order valence-corrected chi connectivity index (χ2v) is 8.62. The van der Waals surface area contributed by atoms with E-state index in [1.54, 1.807) is 11.8 Å². The Bertz CT molecular complexity index is 956. The lowest BCUT2D eigenvalue weighted by atomic mass is 9.97. The van der Waals surface area contributed by atoms with Gasteiger partial charge in [0.2, 0.25) is 5.95 Å². The average Bonchev–Trinajstić information content (AvgIpc) is 3.46. The van der Waals surface area contributed by atoms with E-state index in [1.807, 2.05) is 0 Å². The number of anilines is 1. The van der Waals surface area contributed by atoms with Crippen LogP contribution in [0.1, 0.15) is 48.3 Å². The van der Waals surface area contributed by atoms with Crippen LogP contribution in [0, 0.1) is 6.92 Å². The topological polar surface area (TPSA) is 60.0 Å². The summed E-state index contributed by atoms with van der Waals surface area (Å²) in [6, 6.07) is 8.59. The summed E-state index contributed by atoms with van der Waals surface area (Å²) in [6.07, 6.45) is 6.97. The molecule has 0 amide bonds. The molecule has 1 aliphatic carbocycles. The minimum absolute atomic E-state index is 0.767. The Labute approximate surface area is 169 Å². The van der Waals surface area contributed by atoms with Crippen LogP contribution in [-0.4, -0.2) is 33.0 Å². The molecule has 0 saturated carbocycles.